The van der Waals surface area contributed by atoms with Crippen LogP contribution in [0.5, 0.6) is 0 Å². The van der Waals surface area contributed by atoms with E-state index in [1.54, 1.807) is 0 Å². The van der Waals surface area contributed by atoms with Crippen LogP contribution < -0.4 is 5.32 Å². The first-order valence-corrected chi connectivity index (χ1v) is 7.77. The molecule has 0 aromatic carbocycles. The second-order valence-electron chi connectivity index (χ2n) is 7.11. The number of hydrogen-bond acceptors (Lipinski definition) is 4. The summed E-state index contributed by atoms with van der Waals surface area (Å²) in [6, 6.07) is 0.552. The van der Waals surface area contributed by atoms with Crippen LogP contribution in [0.3, 0.4) is 0 Å². The third-order valence-corrected chi connectivity index (χ3v) is 5.34. The van der Waals surface area contributed by atoms with Crippen molar-refractivity contribution in [2.75, 3.05) is 26.2 Å². The monoisotopic (exact) mass is 296 g/mol. The molecule has 2 saturated heterocycles. The zero-order valence-electron chi connectivity index (χ0n) is 12.7. The van der Waals surface area contributed by atoms with Crippen molar-refractivity contribution in [2.45, 2.75) is 38.8 Å². The molecule has 4 unspecified atom stereocenters. The maximum absolute atomic E-state index is 12.2. The normalized spacial score (nSPS) is 37.8. The first-order valence-electron chi connectivity index (χ1n) is 7.77. The van der Waals surface area contributed by atoms with Crippen molar-refractivity contribution in [1.82, 2.24) is 10.2 Å². The molecule has 6 nitrogen and oxygen atoms in total. The molecule has 0 radical (unpaired) electrons. The van der Waals surface area contributed by atoms with Crippen molar-refractivity contribution in [1.29, 1.82) is 0 Å². The fourth-order valence-electron chi connectivity index (χ4n) is 3.92. The van der Waals surface area contributed by atoms with Gasteiger partial charge in [0, 0.05) is 19.1 Å². The Morgan fingerprint density at radius 1 is 1.38 bits per heavy atom. The van der Waals surface area contributed by atoms with Crippen LogP contribution in [-0.2, 0) is 14.3 Å². The van der Waals surface area contributed by atoms with Crippen molar-refractivity contribution < 1.29 is 19.4 Å². The molecular formula is C15H24N2O4. The van der Waals surface area contributed by atoms with E-state index >= 15 is 0 Å². The van der Waals surface area contributed by atoms with Gasteiger partial charge in [-0.25, -0.2) is 0 Å². The lowest BCUT2D eigenvalue weighted by Gasteiger charge is -2.35. The lowest BCUT2D eigenvalue weighted by molar-refractivity contribution is -0.140. The molecule has 0 bridgehead atoms. The van der Waals surface area contributed by atoms with Crippen molar-refractivity contribution in [2.24, 2.45) is 17.3 Å². The van der Waals surface area contributed by atoms with E-state index in [2.05, 4.69) is 10.2 Å². The van der Waals surface area contributed by atoms with Crippen LogP contribution in [0.4, 0.5) is 0 Å². The summed E-state index contributed by atoms with van der Waals surface area (Å²) in [5.74, 6) is -2.01. The number of carboxylic acid groups (broad SMARTS) is 1. The summed E-state index contributed by atoms with van der Waals surface area (Å²) in [5, 5.41) is 12.0. The average Bonchev–Trinajstić information content (AvgIpc) is 2.80. The van der Waals surface area contributed by atoms with Gasteiger partial charge in [0.15, 0.2) is 0 Å². The molecule has 2 heterocycles. The predicted molar refractivity (Wildman–Crippen MR) is 75.7 cm³/mol. The van der Waals surface area contributed by atoms with Gasteiger partial charge >= 0.3 is 5.97 Å². The molecule has 2 aliphatic heterocycles. The Bertz CT molecular complexity index is 451. The number of ether oxygens (including phenoxy) is 1. The molecule has 21 heavy (non-hydrogen) atoms. The number of rotatable bonds is 4. The molecule has 3 aliphatic rings. The van der Waals surface area contributed by atoms with Gasteiger partial charge in [-0.1, -0.05) is 13.8 Å². The maximum atomic E-state index is 12.2. The van der Waals surface area contributed by atoms with E-state index in [-0.39, 0.29) is 12.0 Å². The second kappa shape index (κ2) is 5.25. The Kier molecular flexibility index (Phi) is 3.69. The Balaban J connectivity index is 1.47. The van der Waals surface area contributed by atoms with Crippen LogP contribution in [0.25, 0.3) is 0 Å². The number of nitrogens with zero attached hydrogens (tertiary/aromatic N) is 1. The van der Waals surface area contributed by atoms with Gasteiger partial charge in [-0.3, -0.25) is 14.5 Å². The summed E-state index contributed by atoms with van der Waals surface area (Å²) in [5.41, 5.74) is -0.441. The molecule has 0 spiro atoms. The minimum Gasteiger partial charge on any atom is -0.481 e. The van der Waals surface area contributed by atoms with Gasteiger partial charge in [0.1, 0.15) is 0 Å². The largest absolute Gasteiger partial charge is 0.481 e. The molecule has 0 aromatic heterocycles. The molecule has 4 atom stereocenters. The average molecular weight is 296 g/mol. The van der Waals surface area contributed by atoms with Crippen molar-refractivity contribution in [3.63, 3.8) is 0 Å². The third kappa shape index (κ3) is 2.66. The molecule has 2 N–H and O–H groups in total. The van der Waals surface area contributed by atoms with E-state index in [4.69, 9.17) is 9.84 Å². The molecule has 3 rings (SSSR count). The summed E-state index contributed by atoms with van der Waals surface area (Å²) >= 11 is 0. The summed E-state index contributed by atoms with van der Waals surface area (Å²) in [7, 11) is 0. The van der Waals surface area contributed by atoms with Gasteiger partial charge in [-0.15, -0.1) is 0 Å². The van der Waals surface area contributed by atoms with Crippen LogP contribution in [0.2, 0.25) is 0 Å². The van der Waals surface area contributed by atoms with Gasteiger partial charge in [-0.2, -0.15) is 0 Å². The zero-order valence-corrected chi connectivity index (χ0v) is 12.7. The molecule has 1 saturated carbocycles. The number of carbonyl (C=O) groups is 2. The fourth-order valence-corrected chi connectivity index (χ4v) is 3.92. The topological polar surface area (TPSA) is 78.9 Å². The third-order valence-electron chi connectivity index (χ3n) is 5.34. The van der Waals surface area contributed by atoms with Gasteiger partial charge in [0.05, 0.1) is 24.5 Å². The van der Waals surface area contributed by atoms with E-state index in [0.717, 1.165) is 19.7 Å². The van der Waals surface area contributed by atoms with Crippen LogP contribution in [0, 0.1) is 17.3 Å². The SMILES string of the molecule is CC1(C)C(C(=O)O)C1C(=O)NCC1CN2CCCC2CO1. The van der Waals surface area contributed by atoms with Gasteiger partial charge < -0.3 is 15.2 Å². The zero-order chi connectivity index (χ0) is 15.2. The number of aliphatic carboxylic acids is 1. The Morgan fingerprint density at radius 2 is 2.14 bits per heavy atom. The Morgan fingerprint density at radius 3 is 2.81 bits per heavy atom. The minimum atomic E-state index is -0.881. The molecular weight excluding hydrogens is 272 g/mol. The number of fused-ring (bicyclic) bond motifs is 1. The summed E-state index contributed by atoms with van der Waals surface area (Å²) in [6.45, 7) is 6.87. The summed E-state index contributed by atoms with van der Waals surface area (Å²) < 4.78 is 5.80. The highest BCUT2D eigenvalue weighted by atomic mass is 16.5. The van der Waals surface area contributed by atoms with Crippen LogP contribution in [-0.4, -0.2) is 60.3 Å². The van der Waals surface area contributed by atoms with E-state index in [9.17, 15) is 9.59 Å². The van der Waals surface area contributed by atoms with E-state index in [0.29, 0.717) is 12.6 Å². The highest BCUT2D eigenvalue weighted by molar-refractivity contribution is 5.91. The molecule has 1 amide bonds. The fraction of sp³-hybridized carbons (Fsp3) is 0.867. The van der Waals surface area contributed by atoms with Crippen molar-refractivity contribution in [3.8, 4) is 0 Å². The number of morpholine rings is 1. The summed E-state index contributed by atoms with van der Waals surface area (Å²) in [4.78, 5) is 25.7. The second-order valence-corrected chi connectivity index (χ2v) is 7.11. The Hall–Kier alpha value is -1.14. The highest BCUT2D eigenvalue weighted by Crippen LogP contribution is 2.58. The standard InChI is InChI=1S/C15H24N2O4/c1-15(2)11(12(15)14(19)20)13(18)16-6-10-7-17-5-3-4-9(17)8-21-10/h9-12H,3-8H2,1-2H3,(H,16,18)(H,19,20). The van der Waals surface area contributed by atoms with E-state index in [1.807, 2.05) is 13.8 Å². The Labute approximate surface area is 124 Å². The van der Waals surface area contributed by atoms with E-state index < -0.39 is 23.2 Å². The first kappa shape index (κ1) is 14.8. The lowest BCUT2D eigenvalue weighted by Crippen LogP contribution is -2.50. The maximum Gasteiger partial charge on any atom is 0.307 e. The summed E-state index contributed by atoms with van der Waals surface area (Å²) in [6.07, 6.45) is 2.45. The molecule has 6 heteroatoms. The molecule has 0 aromatic rings. The predicted octanol–water partition coefficient (Wildman–Crippen LogP) is 0.323. The quantitative estimate of drug-likeness (QED) is 0.781. The molecule has 118 valence electrons. The number of nitrogens with one attached hydrogen (secondary N) is 1. The van der Waals surface area contributed by atoms with Crippen LogP contribution in [0.15, 0.2) is 0 Å². The highest BCUT2D eigenvalue weighted by Gasteiger charge is 2.65. The minimum absolute atomic E-state index is 0.0217. The van der Waals surface area contributed by atoms with Crippen molar-refractivity contribution >= 4 is 11.9 Å². The first-order chi connectivity index (χ1) is 9.91. The smallest absolute Gasteiger partial charge is 0.307 e. The number of carboxylic acids is 1. The number of amides is 1. The van der Waals surface area contributed by atoms with Crippen LogP contribution >= 0.6 is 0 Å². The van der Waals surface area contributed by atoms with Crippen LogP contribution in [0.1, 0.15) is 26.7 Å². The van der Waals surface area contributed by atoms with E-state index in [1.165, 1.54) is 12.8 Å². The lowest BCUT2D eigenvalue weighted by atomic mass is 10.1. The van der Waals surface area contributed by atoms with Gasteiger partial charge in [-0.05, 0) is 24.8 Å². The van der Waals surface area contributed by atoms with Crippen molar-refractivity contribution in [3.05, 3.63) is 0 Å². The molecule has 1 aliphatic carbocycles. The molecule has 3 fully saturated rings. The number of carbonyl (C=O) groups excluding carboxylic acids is 1. The van der Waals surface area contributed by atoms with Gasteiger partial charge in [0.25, 0.3) is 0 Å². The van der Waals surface area contributed by atoms with Gasteiger partial charge in [0.2, 0.25) is 5.91 Å². The number of hydrogen-bond donors (Lipinski definition) is 2.